The molecule has 1 amide bonds. The van der Waals surface area contributed by atoms with Gasteiger partial charge >= 0.3 is 6.18 Å². The summed E-state index contributed by atoms with van der Waals surface area (Å²) in [5, 5.41) is 3.48. The minimum absolute atomic E-state index is 0.116. The highest BCUT2D eigenvalue weighted by Gasteiger charge is 2.29. The van der Waals surface area contributed by atoms with E-state index in [1.54, 1.807) is 18.2 Å². The van der Waals surface area contributed by atoms with E-state index >= 15 is 0 Å². The lowest BCUT2D eigenvalue weighted by Gasteiger charge is -2.09. The topological polar surface area (TPSA) is 29.1 Å². The van der Waals surface area contributed by atoms with Crippen molar-refractivity contribution in [1.29, 1.82) is 0 Å². The second-order valence-corrected chi connectivity index (χ2v) is 5.64. The van der Waals surface area contributed by atoms with Gasteiger partial charge in [-0.1, -0.05) is 29.3 Å². The highest BCUT2D eigenvalue weighted by Crippen LogP contribution is 2.30. The number of halogens is 5. The Morgan fingerprint density at radius 3 is 2.09 bits per heavy atom. The van der Waals surface area contributed by atoms with Crippen molar-refractivity contribution in [3.8, 4) is 0 Å². The number of alkyl halides is 3. The molecule has 0 aliphatic rings. The van der Waals surface area contributed by atoms with Gasteiger partial charge in [-0.15, -0.1) is 0 Å². The molecule has 0 bridgehead atoms. The molecule has 0 radical (unpaired) electrons. The Morgan fingerprint density at radius 2 is 1.57 bits per heavy atom. The van der Waals surface area contributed by atoms with Gasteiger partial charge in [0.2, 0.25) is 5.91 Å². The molecule has 0 spiro atoms. The van der Waals surface area contributed by atoms with Gasteiger partial charge in [0.1, 0.15) is 0 Å². The lowest BCUT2D eigenvalue weighted by atomic mass is 10.1. The molecule has 1 N–H and O–H groups in total. The quantitative estimate of drug-likeness (QED) is 0.756. The number of carbonyl (C=O) groups excluding carboxylic acids is 1. The summed E-state index contributed by atoms with van der Waals surface area (Å²) in [4.78, 5) is 11.9. The molecule has 0 unspecified atom stereocenters. The van der Waals surface area contributed by atoms with Crippen molar-refractivity contribution < 1.29 is 18.0 Å². The zero-order valence-electron chi connectivity index (χ0n) is 11.8. The SMILES string of the molecule is O=C(CCc1c(Cl)cccc1Cl)Nc1ccc(C(F)(F)F)cc1. The minimum atomic E-state index is -4.40. The summed E-state index contributed by atoms with van der Waals surface area (Å²) in [6.07, 6.45) is -3.95. The van der Waals surface area contributed by atoms with Crippen molar-refractivity contribution in [2.75, 3.05) is 5.32 Å². The third-order valence-corrected chi connectivity index (χ3v) is 3.87. The lowest BCUT2D eigenvalue weighted by molar-refractivity contribution is -0.137. The monoisotopic (exact) mass is 361 g/mol. The molecule has 2 aromatic carbocycles. The Hall–Kier alpha value is -1.72. The van der Waals surface area contributed by atoms with Crippen molar-refractivity contribution in [3.05, 3.63) is 63.6 Å². The van der Waals surface area contributed by atoms with Crippen molar-refractivity contribution in [2.45, 2.75) is 19.0 Å². The predicted molar refractivity (Wildman–Crippen MR) is 84.9 cm³/mol. The molecule has 0 aromatic heterocycles. The molecule has 0 saturated carbocycles. The fourth-order valence-electron chi connectivity index (χ4n) is 1.98. The smallest absolute Gasteiger partial charge is 0.326 e. The van der Waals surface area contributed by atoms with Gasteiger partial charge in [-0.2, -0.15) is 13.2 Å². The molecule has 2 rings (SSSR count). The van der Waals surface area contributed by atoms with Crippen molar-refractivity contribution in [2.24, 2.45) is 0 Å². The third-order valence-electron chi connectivity index (χ3n) is 3.16. The van der Waals surface area contributed by atoms with E-state index in [9.17, 15) is 18.0 Å². The number of benzene rings is 2. The van der Waals surface area contributed by atoms with Crippen LogP contribution < -0.4 is 5.32 Å². The number of carbonyl (C=O) groups is 1. The predicted octanol–water partition coefficient (Wildman–Crippen LogP) is 5.58. The number of nitrogens with one attached hydrogen (secondary N) is 1. The Balaban J connectivity index is 1.95. The van der Waals surface area contributed by atoms with Gasteiger partial charge in [0.25, 0.3) is 0 Å². The molecule has 0 saturated heterocycles. The summed E-state index contributed by atoms with van der Waals surface area (Å²) in [5.41, 5.74) is 0.199. The van der Waals surface area contributed by atoms with E-state index < -0.39 is 11.7 Å². The Kier molecular flexibility index (Phi) is 5.55. The maximum atomic E-state index is 12.5. The first-order chi connectivity index (χ1) is 10.8. The summed E-state index contributed by atoms with van der Waals surface area (Å²) in [6, 6.07) is 9.32. The van der Waals surface area contributed by atoms with Crippen LogP contribution in [0.3, 0.4) is 0 Å². The molecule has 2 nitrogen and oxygen atoms in total. The van der Waals surface area contributed by atoms with Crippen LogP contribution in [0.25, 0.3) is 0 Å². The van der Waals surface area contributed by atoms with E-state index in [0.29, 0.717) is 27.7 Å². The normalized spacial score (nSPS) is 11.3. The average molecular weight is 362 g/mol. The standard InChI is InChI=1S/C16H12Cl2F3NO/c17-13-2-1-3-14(18)12(13)8-9-15(23)22-11-6-4-10(5-7-11)16(19,20)21/h1-7H,8-9H2,(H,22,23). The molecular formula is C16H12Cl2F3NO. The summed E-state index contributed by atoms with van der Waals surface area (Å²) >= 11 is 12.0. The first-order valence-corrected chi connectivity index (χ1v) is 7.43. The van der Waals surface area contributed by atoms with Crippen LogP contribution in [0, 0.1) is 0 Å². The zero-order valence-corrected chi connectivity index (χ0v) is 13.3. The Labute approximate surface area is 141 Å². The van der Waals surface area contributed by atoms with E-state index in [1.807, 2.05) is 0 Å². The van der Waals surface area contributed by atoms with Gasteiger partial charge in [0.15, 0.2) is 0 Å². The van der Waals surface area contributed by atoms with Gasteiger partial charge in [0.05, 0.1) is 5.56 Å². The second kappa shape index (κ2) is 7.23. The van der Waals surface area contributed by atoms with Gasteiger partial charge in [-0.3, -0.25) is 4.79 Å². The van der Waals surface area contributed by atoms with Gasteiger partial charge in [-0.05, 0) is 48.4 Å². The van der Waals surface area contributed by atoms with Crippen LogP contribution in [0.1, 0.15) is 17.5 Å². The van der Waals surface area contributed by atoms with E-state index in [1.165, 1.54) is 12.1 Å². The van der Waals surface area contributed by atoms with Crippen LogP contribution in [0.4, 0.5) is 18.9 Å². The third kappa shape index (κ3) is 4.88. The minimum Gasteiger partial charge on any atom is -0.326 e. The van der Waals surface area contributed by atoms with Crippen LogP contribution in [0.15, 0.2) is 42.5 Å². The fourth-order valence-corrected chi connectivity index (χ4v) is 2.56. The largest absolute Gasteiger partial charge is 0.416 e. The van der Waals surface area contributed by atoms with Crippen molar-refractivity contribution >= 4 is 34.8 Å². The molecule has 23 heavy (non-hydrogen) atoms. The summed E-state index contributed by atoms with van der Waals surface area (Å²) < 4.78 is 37.4. The molecule has 7 heteroatoms. The number of hydrogen-bond donors (Lipinski definition) is 1. The van der Waals surface area contributed by atoms with Gasteiger partial charge in [0, 0.05) is 22.2 Å². The maximum absolute atomic E-state index is 12.5. The van der Waals surface area contributed by atoms with Crippen molar-refractivity contribution in [1.82, 2.24) is 0 Å². The summed E-state index contributed by atoms with van der Waals surface area (Å²) in [6.45, 7) is 0. The van der Waals surface area contributed by atoms with Crippen molar-refractivity contribution in [3.63, 3.8) is 0 Å². The number of rotatable bonds is 4. The van der Waals surface area contributed by atoms with Crippen LogP contribution >= 0.6 is 23.2 Å². The number of hydrogen-bond acceptors (Lipinski definition) is 1. The van der Waals surface area contributed by atoms with E-state index in [2.05, 4.69) is 5.32 Å². The Morgan fingerprint density at radius 1 is 1.00 bits per heavy atom. The highest BCUT2D eigenvalue weighted by molar-refractivity contribution is 6.36. The maximum Gasteiger partial charge on any atom is 0.416 e. The van der Waals surface area contributed by atoms with Crippen LogP contribution in [-0.2, 0) is 17.4 Å². The van der Waals surface area contributed by atoms with E-state index in [-0.39, 0.29) is 12.3 Å². The first kappa shape index (κ1) is 17.6. The molecule has 0 aliphatic heterocycles. The molecule has 0 atom stereocenters. The Bertz CT molecular complexity index is 679. The number of anilines is 1. The van der Waals surface area contributed by atoms with Crippen LogP contribution in [0.5, 0.6) is 0 Å². The van der Waals surface area contributed by atoms with Gasteiger partial charge in [-0.25, -0.2) is 0 Å². The fraction of sp³-hybridized carbons (Fsp3) is 0.188. The van der Waals surface area contributed by atoms with Crippen LogP contribution in [0.2, 0.25) is 10.0 Å². The van der Waals surface area contributed by atoms with Crippen LogP contribution in [-0.4, -0.2) is 5.91 Å². The molecule has 0 aliphatic carbocycles. The van der Waals surface area contributed by atoms with E-state index in [4.69, 9.17) is 23.2 Å². The highest BCUT2D eigenvalue weighted by atomic mass is 35.5. The molecule has 0 fully saturated rings. The second-order valence-electron chi connectivity index (χ2n) is 4.82. The molecular weight excluding hydrogens is 350 g/mol. The van der Waals surface area contributed by atoms with E-state index in [0.717, 1.165) is 12.1 Å². The molecule has 2 aromatic rings. The molecule has 0 heterocycles. The zero-order chi connectivity index (χ0) is 17.0. The first-order valence-electron chi connectivity index (χ1n) is 6.67. The lowest BCUT2D eigenvalue weighted by Crippen LogP contribution is -2.13. The molecule has 122 valence electrons. The summed E-state index contributed by atoms with van der Waals surface area (Å²) in [7, 11) is 0. The summed E-state index contributed by atoms with van der Waals surface area (Å²) in [5.74, 6) is -0.333. The van der Waals surface area contributed by atoms with Gasteiger partial charge < -0.3 is 5.32 Å². The average Bonchev–Trinajstić information content (AvgIpc) is 2.46. The number of amides is 1.